The summed E-state index contributed by atoms with van der Waals surface area (Å²) in [5.41, 5.74) is 0.911. The summed E-state index contributed by atoms with van der Waals surface area (Å²) in [4.78, 5) is 15.5. The molecular formula is C13H15FN2O. The molecule has 2 rings (SSSR count). The van der Waals surface area contributed by atoms with Crippen LogP contribution in [0.15, 0.2) is 23.2 Å². The highest BCUT2D eigenvalue weighted by molar-refractivity contribution is 5.57. The van der Waals surface area contributed by atoms with Gasteiger partial charge in [0.05, 0.1) is 11.4 Å². The number of benzene rings is 1. The summed E-state index contributed by atoms with van der Waals surface area (Å²) < 4.78 is 13.8. The van der Waals surface area contributed by atoms with Crippen LogP contribution in [0.3, 0.4) is 0 Å². The Morgan fingerprint density at radius 3 is 2.71 bits per heavy atom. The van der Waals surface area contributed by atoms with E-state index in [9.17, 15) is 9.18 Å². The summed E-state index contributed by atoms with van der Waals surface area (Å²) in [6, 6.07) is 4.60. The topological polar surface area (TPSA) is 32.7 Å². The standard InChI is InChI=1S/C13H15FN2O/c1-10-4-6-16(7-5-10)13-3-2-11(15-9-17)8-12(13)14/h2-3,8,10H,4-7H2,1H3. The van der Waals surface area contributed by atoms with Crippen molar-refractivity contribution in [2.75, 3.05) is 18.0 Å². The number of isocyanates is 1. The first-order chi connectivity index (χ1) is 8.20. The van der Waals surface area contributed by atoms with E-state index in [1.807, 2.05) is 4.90 Å². The van der Waals surface area contributed by atoms with Crippen molar-refractivity contribution in [1.29, 1.82) is 0 Å². The van der Waals surface area contributed by atoms with Crippen LogP contribution in [0.5, 0.6) is 0 Å². The Hall–Kier alpha value is -1.67. The zero-order valence-electron chi connectivity index (χ0n) is 9.82. The third kappa shape index (κ3) is 2.71. The molecule has 0 N–H and O–H groups in total. The van der Waals surface area contributed by atoms with Gasteiger partial charge in [0.1, 0.15) is 5.82 Å². The van der Waals surface area contributed by atoms with E-state index >= 15 is 0 Å². The zero-order valence-corrected chi connectivity index (χ0v) is 9.82. The second-order valence-electron chi connectivity index (χ2n) is 4.51. The number of anilines is 1. The first-order valence-electron chi connectivity index (χ1n) is 5.83. The largest absolute Gasteiger partial charge is 0.369 e. The molecule has 1 aromatic rings. The Morgan fingerprint density at radius 2 is 2.12 bits per heavy atom. The minimum absolute atomic E-state index is 0.312. The molecule has 0 aliphatic carbocycles. The monoisotopic (exact) mass is 234 g/mol. The lowest BCUT2D eigenvalue weighted by Gasteiger charge is -2.32. The van der Waals surface area contributed by atoms with Gasteiger partial charge in [-0.05, 0) is 30.9 Å². The van der Waals surface area contributed by atoms with Gasteiger partial charge >= 0.3 is 0 Å². The summed E-state index contributed by atoms with van der Waals surface area (Å²) in [7, 11) is 0. The van der Waals surface area contributed by atoms with E-state index < -0.39 is 0 Å². The van der Waals surface area contributed by atoms with Crippen LogP contribution in [0.25, 0.3) is 0 Å². The SMILES string of the molecule is CC1CCN(c2ccc(N=C=O)cc2F)CC1. The Morgan fingerprint density at radius 1 is 1.41 bits per heavy atom. The molecule has 1 aliphatic heterocycles. The Kier molecular flexibility index (Phi) is 3.55. The average molecular weight is 234 g/mol. The number of hydrogen-bond acceptors (Lipinski definition) is 3. The van der Waals surface area contributed by atoms with Crippen LogP contribution in [0.4, 0.5) is 15.8 Å². The summed E-state index contributed by atoms with van der Waals surface area (Å²) in [6.07, 6.45) is 3.59. The van der Waals surface area contributed by atoms with Crippen molar-refractivity contribution in [2.45, 2.75) is 19.8 Å². The molecule has 0 saturated carbocycles. The average Bonchev–Trinajstić information content (AvgIpc) is 2.31. The maximum absolute atomic E-state index is 13.8. The lowest BCUT2D eigenvalue weighted by atomic mass is 9.99. The third-order valence-corrected chi connectivity index (χ3v) is 3.23. The molecule has 0 amide bonds. The fraction of sp³-hybridized carbons (Fsp3) is 0.462. The maximum atomic E-state index is 13.8. The maximum Gasteiger partial charge on any atom is 0.240 e. The van der Waals surface area contributed by atoms with Gasteiger partial charge in [0.2, 0.25) is 6.08 Å². The van der Waals surface area contributed by atoms with E-state index in [0.29, 0.717) is 17.3 Å². The molecule has 0 atom stereocenters. The highest BCUT2D eigenvalue weighted by atomic mass is 19.1. The lowest BCUT2D eigenvalue weighted by Crippen LogP contribution is -2.33. The highest BCUT2D eigenvalue weighted by Gasteiger charge is 2.18. The molecule has 90 valence electrons. The molecule has 4 heteroatoms. The first kappa shape index (κ1) is 11.8. The predicted molar refractivity (Wildman–Crippen MR) is 64.8 cm³/mol. The molecule has 1 fully saturated rings. The molecule has 3 nitrogen and oxygen atoms in total. The van der Waals surface area contributed by atoms with Gasteiger partial charge in [0.15, 0.2) is 0 Å². The minimum Gasteiger partial charge on any atom is -0.369 e. The molecule has 0 unspecified atom stereocenters. The van der Waals surface area contributed by atoms with Crippen LogP contribution in [0, 0.1) is 11.7 Å². The van der Waals surface area contributed by atoms with Gasteiger partial charge in [0.25, 0.3) is 0 Å². The Labute approximate surface area is 100.0 Å². The third-order valence-electron chi connectivity index (χ3n) is 3.23. The number of carbonyl (C=O) groups excluding carboxylic acids is 1. The number of halogens is 1. The first-order valence-corrected chi connectivity index (χ1v) is 5.83. The molecule has 0 aromatic heterocycles. The second-order valence-corrected chi connectivity index (χ2v) is 4.51. The highest BCUT2D eigenvalue weighted by Crippen LogP contribution is 2.27. The van der Waals surface area contributed by atoms with Crippen molar-refractivity contribution >= 4 is 17.5 Å². The van der Waals surface area contributed by atoms with Crippen molar-refractivity contribution in [3.05, 3.63) is 24.0 Å². The van der Waals surface area contributed by atoms with Gasteiger partial charge in [0, 0.05) is 19.2 Å². The summed E-state index contributed by atoms with van der Waals surface area (Å²) in [5.74, 6) is 0.393. The van der Waals surface area contributed by atoms with Crippen LogP contribution < -0.4 is 4.90 Å². The normalized spacial score (nSPS) is 16.7. The second kappa shape index (κ2) is 5.11. The zero-order chi connectivity index (χ0) is 12.3. The quantitative estimate of drug-likeness (QED) is 0.582. The molecule has 1 aliphatic rings. The molecule has 1 heterocycles. The molecule has 1 saturated heterocycles. The van der Waals surface area contributed by atoms with E-state index in [0.717, 1.165) is 25.9 Å². The van der Waals surface area contributed by atoms with Crippen molar-refractivity contribution in [1.82, 2.24) is 0 Å². The number of piperidine rings is 1. The van der Waals surface area contributed by atoms with Gasteiger partial charge in [-0.1, -0.05) is 6.92 Å². The van der Waals surface area contributed by atoms with E-state index in [1.165, 1.54) is 12.1 Å². The van der Waals surface area contributed by atoms with Gasteiger partial charge in [-0.15, -0.1) is 0 Å². The molecular weight excluding hydrogens is 219 g/mol. The molecule has 17 heavy (non-hydrogen) atoms. The van der Waals surface area contributed by atoms with E-state index in [-0.39, 0.29) is 5.82 Å². The van der Waals surface area contributed by atoms with Crippen molar-refractivity contribution in [3.8, 4) is 0 Å². The number of aliphatic imine (C=N–C) groups is 1. The smallest absolute Gasteiger partial charge is 0.240 e. The fourth-order valence-corrected chi connectivity index (χ4v) is 2.12. The van der Waals surface area contributed by atoms with Crippen LogP contribution in [-0.2, 0) is 4.79 Å². The molecule has 0 spiro atoms. The minimum atomic E-state index is -0.323. The van der Waals surface area contributed by atoms with Gasteiger partial charge < -0.3 is 4.90 Å². The van der Waals surface area contributed by atoms with Crippen molar-refractivity contribution in [3.63, 3.8) is 0 Å². The molecule has 1 aromatic carbocycles. The Bertz CT molecular complexity index is 447. The number of rotatable bonds is 2. The van der Waals surface area contributed by atoms with Gasteiger partial charge in [-0.25, -0.2) is 9.18 Å². The van der Waals surface area contributed by atoms with Crippen LogP contribution in [0.1, 0.15) is 19.8 Å². The summed E-state index contributed by atoms with van der Waals surface area (Å²) >= 11 is 0. The van der Waals surface area contributed by atoms with Crippen LogP contribution in [0.2, 0.25) is 0 Å². The van der Waals surface area contributed by atoms with Crippen LogP contribution >= 0.6 is 0 Å². The number of hydrogen-bond donors (Lipinski definition) is 0. The molecule has 0 bridgehead atoms. The Balaban J connectivity index is 2.18. The van der Waals surface area contributed by atoms with E-state index in [2.05, 4.69) is 11.9 Å². The van der Waals surface area contributed by atoms with Crippen LogP contribution in [-0.4, -0.2) is 19.2 Å². The summed E-state index contributed by atoms with van der Waals surface area (Å²) in [6.45, 7) is 3.98. The van der Waals surface area contributed by atoms with Crippen molar-refractivity contribution in [2.24, 2.45) is 10.9 Å². The van der Waals surface area contributed by atoms with Gasteiger partial charge in [-0.3, -0.25) is 0 Å². The fourth-order valence-electron chi connectivity index (χ4n) is 2.12. The lowest BCUT2D eigenvalue weighted by molar-refractivity contribution is 0.434. The predicted octanol–water partition coefficient (Wildman–Crippen LogP) is 3.03. The van der Waals surface area contributed by atoms with Crippen molar-refractivity contribution < 1.29 is 9.18 Å². The molecule has 0 radical (unpaired) electrons. The van der Waals surface area contributed by atoms with Gasteiger partial charge in [-0.2, -0.15) is 4.99 Å². The number of nitrogens with zero attached hydrogens (tertiary/aromatic N) is 2. The summed E-state index contributed by atoms with van der Waals surface area (Å²) in [5, 5.41) is 0. The van der Waals surface area contributed by atoms with E-state index in [4.69, 9.17) is 0 Å². The van der Waals surface area contributed by atoms with E-state index in [1.54, 1.807) is 12.1 Å².